The van der Waals surface area contributed by atoms with Gasteiger partial charge >= 0.3 is 6.03 Å². The third-order valence-electron chi connectivity index (χ3n) is 7.30. The van der Waals surface area contributed by atoms with Gasteiger partial charge in [0.2, 0.25) is 0 Å². The minimum Gasteiger partial charge on any atom is -0.339 e. The van der Waals surface area contributed by atoms with Crippen molar-refractivity contribution in [1.82, 2.24) is 44.4 Å². The molecule has 0 aromatic carbocycles. The fourth-order valence-corrected chi connectivity index (χ4v) is 5.05. The molecule has 4 aromatic heterocycles. The van der Waals surface area contributed by atoms with Crippen molar-refractivity contribution in [2.45, 2.75) is 39.9 Å². The van der Waals surface area contributed by atoms with Gasteiger partial charge in [-0.25, -0.2) is 9.78 Å². The van der Waals surface area contributed by atoms with Gasteiger partial charge in [-0.3, -0.25) is 14.6 Å². The van der Waals surface area contributed by atoms with E-state index in [-0.39, 0.29) is 12.1 Å². The second kappa shape index (κ2) is 9.68. The zero-order valence-corrected chi connectivity index (χ0v) is 22.3. The van der Waals surface area contributed by atoms with E-state index < -0.39 is 0 Å². The highest BCUT2D eigenvalue weighted by Gasteiger charge is 2.31. The second-order valence-corrected chi connectivity index (χ2v) is 10.5. The van der Waals surface area contributed by atoms with Crippen LogP contribution in [0.25, 0.3) is 34.0 Å². The summed E-state index contributed by atoms with van der Waals surface area (Å²) in [6.45, 7) is 10.6. The molecule has 2 aliphatic heterocycles. The van der Waals surface area contributed by atoms with Gasteiger partial charge in [-0.2, -0.15) is 5.10 Å². The number of aryl methyl sites for hydroxylation is 1. The number of aromatic amines is 1. The number of nitrogens with zero attached hydrogens (tertiary/aromatic N) is 8. The SMILES string of the molecule is Cc1cccc(-c2nn(C(C)C)cc2-c2ccnc(-c3nc4c([nH]3)CN(C(=O)N3CCN(C)CC3)C4)c2)n1. The van der Waals surface area contributed by atoms with Gasteiger partial charge < -0.3 is 19.7 Å². The number of fused-ring (bicyclic) bond motifs is 1. The first-order chi connectivity index (χ1) is 18.4. The molecule has 1 N–H and O–H groups in total. The molecule has 38 heavy (non-hydrogen) atoms. The summed E-state index contributed by atoms with van der Waals surface area (Å²) in [6.07, 6.45) is 3.88. The molecule has 2 amide bonds. The van der Waals surface area contributed by atoms with Crippen LogP contribution in [-0.4, -0.2) is 83.7 Å². The van der Waals surface area contributed by atoms with Crippen LogP contribution < -0.4 is 0 Å². The molecule has 4 aromatic rings. The van der Waals surface area contributed by atoms with Crippen molar-refractivity contribution < 1.29 is 4.79 Å². The molecular weight excluding hydrogens is 478 g/mol. The number of imidazole rings is 1. The topological polar surface area (TPSA) is 99.1 Å². The van der Waals surface area contributed by atoms with Crippen molar-refractivity contribution in [1.29, 1.82) is 0 Å². The Morgan fingerprint density at radius 1 is 1.00 bits per heavy atom. The molecule has 196 valence electrons. The molecule has 2 aliphatic rings. The van der Waals surface area contributed by atoms with E-state index in [1.54, 1.807) is 0 Å². The van der Waals surface area contributed by atoms with Crippen LogP contribution >= 0.6 is 0 Å². The van der Waals surface area contributed by atoms with Crippen LogP contribution in [0.2, 0.25) is 0 Å². The molecule has 6 rings (SSSR count). The molecular formula is C28H33N9O. The van der Waals surface area contributed by atoms with E-state index in [4.69, 9.17) is 15.1 Å². The number of urea groups is 1. The van der Waals surface area contributed by atoms with Crippen molar-refractivity contribution in [2.75, 3.05) is 33.2 Å². The summed E-state index contributed by atoms with van der Waals surface area (Å²) in [5.74, 6) is 0.718. The quantitative estimate of drug-likeness (QED) is 0.445. The molecule has 0 aliphatic carbocycles. The number of carbonyl (C=O) groups is 1. The Kier molecular flexibility index (Phi) is 6.19. The van der Waals surface area contributed by atoms with Crippen LogP contribution in [0.15, 0.2) is 42.7 Å². The van der Waals surface area contributed by atoms with Crippen molar-refractivity contribution in [3.05, 3.63) is 59.8 Å². The molecule has 0 saturated carbocycles. The van der Waals surface area contributed by atoms with Crippen LogP contribution in [0.5, 0.6) is 0 Å². The average molecular weight is 512 g/mol. The van der Waals surface area contributed by atoms with Gasteiger partial charge in [0.1, 0.15) is 11.4 Å². The molecule has 1 fully saturated rings. The standard InChI is InChI=1S/C28H33N9O/c1-18(2)37-15-21(26(33-37)22-7-5-6-19(3)30-22)20-8-9-29-23(14-20)27-31-24-16-36(17-25(24)32-27)28(38)35-12-10-34(4)11-13-35/h5-9,14-15,18H,10-13,16-17H2,1-4H3,(H,31,32). The Hall–Kier alpha value is -4.05. The fourth-order valence-electron chi connectivity index (χ4n) is 5.05. The number of amides is 2. The number of likely N-dealkylation sites (N-methyl/N-ethyl adjacent to an activating group) is 1. The van der Waals surface area contributed by atoms with Gasteiger partial charge in [0.25, 0.3) is 0 Å². The summed E-state index contributed by atoms with van der Waals surface area (Å²) in [7, 11) is 2.09. The first-order valence-corrected chi connectivity index (χ1v) is 13.2. The Labute approximate surface area is 222 Å². The minimum atomic E-state index is 0.0885. The second-order valence-electron chi connectivity index (χ2n) is 10.5. The molecule has 0 bridgehead atoms. The number of carbonyl (C=O) groups excluding carboxylic acids is 1. The van der Waals surface area contributed by atoms with Gasteiger partial charge in [0.05, 0.1) is 30.2 Å². The van der Waals surface area contributed by atoms with Gasteiger partial charge in [-0.1, -0.05) is 6.07 Å². The maximum absolute atomic E-state index is 13.0. The molecule has 0 spiro atoms. The summed E-state index contributed by atoms with van der Waals surface area (Å²) in [4.78, 5) is 36.7. The lowest BCUT2D eigenvalue weighted by atomic mass is 10.0. The largest absolute Gasteiger partial charge is 0.339 e. The Bertz CT molecular complexity index is 1460. The lowest BCUT2D eigenvalue weighted by Crippen LogP contribution is -2.50. The first kappa shape index (κ1) is 24.3. The Balaban J connectivity index is 1.26. The molecule has 0 atom stereocenters. The maximum atomic E-state index is 13.0. The number of aromatic nitrogens is 6. The van der Waals surface area contributed by atoms with E-state index in [1.807, 2.05) is 57.9 Å². The number of hydrogen-bond acceptors (Lipinski definition) is 6. The predicted molar refractivity (Wildman–Crippen MR) is 145 cm³/mol. The average Bonchev–Trinajstić information content (AvgIpc) is 3.63. The monoisotopic (exact) mass is 511 g/mol. The van der Waals surface area contributed by atoms with Gasteiger partial charge in [-0.15, -0.1) is 0 Å². The highest BCUT2D eigenvalue weighted by Crippen LogP contribution is 2.33. The van der Waals surface area contributed by atoms with E-state index in [2.05, 4.69) is 42.0 Å². The summed E-state index contributed by atoms with van der Waals surface area (Å²) in [5, 5.41) is 4.87. The predicted octanol–water partition coefficient (Wildman–Crippen LogP) is 3.97. The molecule has 10 heteroatoms. The number of hydrogen-bond donors (Lipinski definition) is 1. The van der Waals surface area contributed by atoms with E-state index in [0.717, 1.165) is 77.3 Å². The van der Waals surface area contributed by atoms with Gasteiger partial charge in [0, 0.05) is 55.9 Å². The van der Waals surface area contributed by atoms with E-state index in [0.29, 0.717) is 13.1 Å². The Morgan fingerprint density at radius 2 is 1.82 bits per heavy atom. The molecule has 10 nitrogen and oxygen atoms in total. The zero-order chi connectivity index (χ0) is 26.4. The van der Waals surface area contributed by atoms with E-state index >= 15 is 0 Å². The van der Waals surface area contributed by atoms with Gasteiger partial charge in [0.15, 0.2) is 5.82 Å². The van der Waals surface area contributed by atoms with Crippen LogP contribution in [0, 0.1) is 6.92 Å². The number of piperazine rings is 1. The summed E-state index contributed by atoms with van der Waals surface area (Å²) < 4.78 is 1.97. The molecule has 1 saturated heterocycles. The first-order valence-electron chi connectivity index (χ1n) is 13.2. The lowest BCUT2D eigenvalue weighted by molar-refractivity contribution is 0.121. The normalized spacial score (nSPS) is 15.9. The third kappa shape index (κ3) is 4.56. The van der Waals surface area contributed by atoms with E-state index in [9.17, 15) is 4.79 Å². The lowest BCUT2D eigenvalue weighted by Gasteiger charge is -2.34. The highest BCUT2D eigenvalue weighted by atomic mass is 16.2. The summed E-state index contributed by atoms with van der Waals surface area (Å²) in [5.41, 5.74) is 7.30. The zero-order valence-electron chi connectivity index (χ0n) is 22.3. The molecule has 0 radical (unpaired) electrons. The van der Waals surface area contributed by atoms with Crippen LogP contribution in [0.1, 0.15) is 37.0 Å². The number of H-pyrrole nitrogens is 1. The number of nitrogens with one attached hydrogen (secondary N) is 1. The minimum absolute atomic E-state index is 0.0885. The fraction of sp³-hybridized carbons (Fsp3) is 0.393. The number of rotatable bonds is 4. The number of pyridine rings is 2. The smallest absolute Gasteiger partial charge is 0.320 e. The molecule has 6 heterocycles. The van der Waals surface area contributed by atoms with Crippen LogP contribution in [0.3, 0.4) is 0 Å². The van der Waals surface area contributed by atoms with Crippen LogP contribution in [-0.2, 0) is 13.1 Å². The third-order valence-corrected chi connectivity index (χ3v) is 7.30. The maximum Gasteiger partial charge on any atom is 0.320 e. The van der Waals surface area contributed by atoms with Crippen LogP contribution in [0.4, 0.5) is 4.79 Å². The van der Waals surface area contributed by atoms with Crippen molar-refractivity contribution in [3.63, 3.8) is 0 Å². The highest BCUT2D eigenvalue weighted by molar-refractivity contribution is 5.80. The van der Waals surface area contributed by atoms with E-state index in [1.165, 1.54) is 0 Å². The molecule has 0 unspecified atom stereocenters. The summed E-state index contributed by atoms with van der Waals surface area (Å²) >= 11 is 0. The Morgan fingerprint density at radius 3 is 2.55 bits per heavy atom. The van der Waals surface area contributed by atoms with Crippen molar-refractivity contribution >= 4 is 6.03 Å². The van der Waals surface area contributed by atoms with Gasteiger partial charge in [-0.05, 0) is 57.6 Å². The van der Waals surface area contributed by atoms with Crippen molar-refractivity contribution in [3.8, 4) is 34.0 Å². The summed E-state index contributed by atoms with van der Waals surface area (Å²) in [6, 6.07) is 10.3. The van der Waals surface area contributed by atoms with Crippen molar-refractivity contribution in [2.24, 2.45) is 0 Å².